The van der Waals surface area contributed by atoms with Gasteiger partial charge in [0.15, 0.2) is 10.9 Å². The van der Waals surface area contributed by atoms with Crippen molar-refractivity contribution in [3.8, 4) is 5.75 Å². The van der Waals surface area contributed by atoms with Crippen LogP contribution in [-0.2, 0) is 9.53 Å². The Hall–Kier alpha value is -1.48. The van der Waals surface area contributed by atoms with Crippen molar-refractivity contribution in [3.63, 3.8) is 0 Å². The van der Waals surface area contributed by atoms with Crippen LogP contribution in [0.4, 0.5) is 10.5 Å². The van der Waals surface area contributed by atoms with E-state index in [9.17, 15) is 14.4 Å². The van der Waals surface area contributed by atoms with Gasteiger partial charge in [0.05, 0.1) is 13.7 Å². The highest BCUT2D eigenvalue weighted by molar-refractivity contribution is 6.76. The van der Waals surface area contributed by atoms with Crippen molar-refractivity contribution in [2.24, 2.45) is 0 Å². The third kappa shape index (κ3) is 5.27. The van der Waals surface area contributed by atoms with Gasteiger partial charge in [-0.3, -0.25) is 10.1 Å². The standard InChI is InChI=1S/C12H11Cl4N3O5/c1-3-24-9(20)5-4-17-8(13)7(23-2)6(5)18-11(22)19-10(21)12(14,15)16/h4H,3H2,1-2H3,(H2,17,18,19,21,22). The summed E-state index contributed by atoms with van der Waals surface area (Å²) in [7, 11) is 1.24. The molecule has 2 N–H and O–H groups in total. The van der Waals surface area contributed by atoms with Gasteiger partial charge >= 0.3 is 12.0 Å². The van der Waals surface area contributed by atoms with Gasteiger partial charge in [0.25, 0.3) is 9.70 Å². The number of imide groups is 1. The highest BCUT2D eigenvalue weighted by Crippen LogP contribution is 2.34. The number of amides is 3. The number of methoxy groups -OCH3 is 1. The minimum absolute atomic E-state index is 0.0845. The summed E-state index contributed by atoms with van der Waals surface area (Å²) < 4.78 is 7.51. The predicted octanol–water partition coefficient (Wildman–Crippen LogP) is 2.94. The van der Waals surface area contributed by atoms with Crippen LogP contribution in [0.1, 0.15) is 17.3 Å². The number of ether oxygens (including phenoxy) is 2. The molecule has 3 amide bonds. The van der Waals surface area contributed by atoms with Crippen LogP contribution in [0, 0.1) is 0 Å². The first-order valence-electron chi connectivity index (χ1n) is 6.20. The number of hydrogen-bond donors (Lipinski definition) is 2. The van der Waals surface area contributed by atoms with E-state index in [2.05, 4.69) is 10.3 Å². The molecule has 0 aliphatic rings. The summed E-state index contributed by atoms with van der Waals surface area (Å²) >= 11 is 21.9. The van der Waals surface area contributed by atoms with E-state index in [1.165, 1.54) is 7.11 Å². The Balaban J connectivity index is 3.16. The van der Waals surface area contributed by atoms with Gasteiger partial charge in [0, 0.05) is 6.20 Å². The number of carbonyl (C=O) groups excluding carboxylic acids is 3. The van der Waals surface area contributed by atoms with Crippen LogP contribution in [0.15, 0.2) is 6.20 Å². The van der Waals surface area contributed by atoms with Gasteiger partial charge in [-0.1, -0.05) is 46.4 Å². The van der Waals surface area contributed by atoms with E-state index in [0.29, 0.717) is 0 Å². The second-order valence-corrected chi connectivity index (χ2v) is 6.64. The first-order valence-corrected chi connectivity index (χ1v) is 7.71. The molecule has 1 aromatic heterocycles. The molecule has 0 saturated heterocycles. The summed E-state index contributed by atoms with van der Waals surface area (Å²) in [6.07, 6.45) is 1.08. The van der Waals surface area contributed by atoms with Crippen molar-refractivity contribution in [2.75, 3.05) is 19.0 Å². The van der Waals surface area contributed by atoms with Gasteiger partial charge in [0.1, 0.15) is 11.3 Å². The number of halogens is 4. The molecular formula is C12H11Cl4N3O5. The number of nitrogens with zero attached hydrogens (tertiary/aromatic N) is 1. The number of alkyl halides is 3. The van der Waals surface area contributed by atoms with Crippen LogP contribution in [0.3, 0.4) is 0 Å². The Morgan fingerprint density at radius 2 is 1.92 bits per heavy atom. The van der Waals surface area contributed by atoms with Crippen molar-refractivity contribution in [2.45, 2.75) is 10.7 Å². The van der Waals surface area contributed by atoms with Crippen molar-refractivity contribution in [3.05, 3.63) is 16.9 Å². The molecule has 0 radical (unpaired) electrons. The van der Waals surface area contributed by atoms with Crippen LogP contribution in [0.5, 0.6) is 5.75 Å². The average Bonchev–Trinajstić information content (AvgIpc) is 2.46. The molecule has 0 spiro atoms. The fourth-order valence-corrected chi connectivity index (χ4v) is 1.82. The first-order chi connectivity index (χ1) is 11.1. The predicted molar refractivity (Wildman–Crippen MR) is 89.2 cm³/mol. The summed E-state index contributed by atoms with van der Waals surface area (Å²) in [5, 5.41) is 3.87. The lowest BCUT2D eigenvalue weighted by Gasteiger charge is -2.16. The van der Waals surface area contributed by atoms with Gasteiger partial charge in [0.2, 0.25) is 0 Å². The molecule has 8 nitrogen and oxygen atoms in total. The number of pyridine rings is 1. The molecule has 0 aliphatic heterocycles. The lowest BCUT2D eigenvalue weighted by atomic mass is 10.2. The number of carbonyl (C=O) groups is 3. The smallest absolute Gasteiger partial charge is 0.341 e. The minimum atomic E-state index is -2.35. The van der Waals surface area contributed by atoms with Crippen molar-refractivity contribution >= 4 is 70.0 Å². The Morgan fingerprint density at radius 3 is 2.42 bits per heavy atom. The van der Waals surface area contributed by atoms with Crippen LogP contribution in [0.2, 0.25) is 5.15 Å². The van der Waals surface area contributed by atoms with E-state index in [1.54, 1.807) is 12.2 Å². The SMILES string of the molecule is CCOC(=O)c1cnc(Cl)c(OC)c1NC(=O)NC(=O)C(Cl)(Cl)Cl. The number of hydrogen-bond acceptors (Lipinski definition) is 6. The van der Waals surface area contributed by atoms with Gasteiger partial charge in [-0.05, 0) is 6.92 Å². The zero-order valence-corrected chi connectivity index (χ0v) is 15.3. The summed E-state index contributed by atoms with van der Waals surface area (Å²) in [6, 6.07) is -1.09. The maximum Gasteiger partial charge on any atom is 0.341 e. The normalized spacial score (nSPS) is 10.8. The quantitative estimate of drug-likeness (QED) is 0.442. The van der Waals surface area contributed by atoms with E-state index >= 15 is 0 Å². The molecule has 1 heterocycles. The van der Waals surface area contributed by atoms with Gasteiger partial charge in [-0.15, -0.1) is 0 Å². The van der Waals surface area contributed by atoms with Crippen molar-refractivity contribution < 1.29 is 23.9 Å². The number of rotatable bonds is 4. The molecule has 24 heavy (non-hydrogen) atoms. The number of urea groups is 1. The topological polar surface area (TPSA) is 107 Å². The molecule has 0 aliphatic carbocycles. The van der Waals surface area contributed by atoms with Crippen LogP contribution in [-0.4, -0.2) is 40.4 Å². The van der Waals surface area contributed by atoms with E-state index in [4.69, 9.17) is 55.9 Å². The van der Waals surface area contributed by atoms with Gasteiger partial charge < -0.3 is 14.8 Å². The lowest BCUT2D eigenvalue weighted by Crippen LogP contribution is -2.41. The molecular weight excluding hydrogens is 408 g/mol. The van der Waals surface area contributed by atoms with Crippen molar-refractivity contribution in [1.29, 1.82) is 0 Å². The van der Waals surface area contributed by atoms with E-state index in [0.717, 1.165) is 6.20 Å². The lowest BCUT2D eigenvalue weighted by molar-refractivity contribution is -0.119. The maximum atomic E-state index is 11.9. The Bertz CT molecular complexity index is 663. The highest BCUT2D eigenvalue weighted by atomic mass is 35.6. The van der Waals surface area contributed by atoms with Crippen molar-refractivity contribution in [1.82, 2.24) is 10.3 Å². The molecule has 1 aromatic rings. The molecule has 0 atom stereocenters. The Labute approximate surface area is 156 Å². The largest absolute Gasteiger partial charge is 0.491 e. The molecule has 132 valence electrons. The maximum absolute atomic E-state index is 11.9. The summed E-state index contributed by atoms with van der Waals surface area (Å²) in [6.45, 7) is 1.68. The molecule has 1 rings (SSSR count). The number of aromatic nitrogens is 1. The number of anilines is 1. The third-order valence-electron chi connectivity index (χ3n) is 2.41. The zero-order valence-electron chi connectivity index (χ0n) is 12.3. The Morgan fingerprint density at radius 1 is 1.29 bits per heavy atom. The molecule has 0 unspecified atom stereocenters. The molecule has 0 saturated carbocycles. The molecule has 0 bridgehead atoms. The number of esters is 1. The molecule has 0 aromatic carbocycles. The summed E-state index contributed by atoms with van der Waals surface area (Å²) in [5.74, 6) is -2.09. The van der Waals surface area contributed by atoms with Gasteiger partial charge in [-0.25, -0.2) is 14.6 Å². The van der Waals surface area contributed by atoms with Crippen LogP contribution in [0.25, 0.3) is 0 Å². The molecule has 12 heteroatoms. The van der Waals surface area contributed by atoms with Gasteiger partial charge in [-0.2, -0.15) is 0 Å². The highest BCUT2D eigenvalue weighted by Gasteiger charge is 2.32. The third-order valence-corrected chi connectivity index (χ3v) is 3.20. The first kappa shape index (κ1) is 20.6. The van der Waals surface area contributed by atoms with E-state index in [-0.39, 0.29) is 28.8 Å². The van der Waals surface area contributed by atoms with E-state index < -0.39 is 21.7 Å². The zero-order chi connectivity index (χ0) is 18.5. The fraction of sp³-hybridized carbons (Fsp3) is 0.333. The summed E-state index contributed by atoms with van der Waals surface area (Å²) in [4.78, 5) is 39.1. The Kier molecular flexibility index (Phi) is 7.34. The number of nitrogens with one attached hydrogen (secondary N) is 2. The van der Waals surface area contributed by atoms with Crippen LogP contribution < -0.4 is 15.4 Å². The average molecular weight is 419 g/mol. The van der Waals surface area contributed by atoms with E-state index in [1.807, 2.05) is 0 Å². The monoisotopic (exact) mass is 417 g/mol. The minimum Gasteiger partial charge on any atom is -0.491 e. The molecule has 0 fully saturated rings. The second-order valence-electron chi connectivity index (χ2n) is 4.00. The summed E-state index contributed by atoms with van der Waals surface area (Å²) in [5.41, 5.74) is -0.305. The second kappa shape index (κ2) is 8.57. The van der Waals surface area contributed by atoms with Crippen LogP contribution >= 0.6 is 46.4 Å². The fourth-order valence-electron chi connectivity index (χ4n) is 1.46.